The molecule has 2 saturated heterocycles. The second-order valence-electron chi connectivity index (χ2n) is 15.4. The molecule has 4 amide bonds. The molecular formula is C43H51F3N8O6. The molecule has 6 atom stereocenters. The Balaban J connectivity index is 1.20. The summed E-state index contributed by atoms with van der Waals surface area (Å²) in [6.45, 7) is 8.38. The number of nitrogens with one attached hydrogen (secondary N) is 4. The summed E-state index contributed by atoms with van der Waals surface area (Å²) in [6.07, 6.45) is -0.837. The van der Waals surface area contributed by atoms with Crippen molar-refractivity contribution in [3.63, 3.8) is 0 Å². The number of halogens is 3. The number of likely N-dealkylation sites (tertiary alicyclic amines) is 2. The number of hydrogen-bond acceptors (Lipinski definition) is 8. The number of fused-ring (bicyclic) bond motifs is 1. The first-order chi connectivity index (χ1) is 28.7. The molecule has 2 aliphatic heterocycles. The van der Waals surface area contributed by atoms with Crippen LogP contribution in [0.4, 0.5) is 22.8 Å². The number of alkyl halides is 3. The van der Waals surface area contributed by atoms with Crippen molar-refractivity contribution in [2.75, 3.05) is 27.3 Å². The van der Waals surface area contributed by atoms with Gasteiger partial charge < -0.3 is 39.9 Å². The van der Waals surface area contributed by atoms with Crippen molar-refractivity contribution in [3.8, 4) is 23.1 Å². The summed E-state index contributed by atoms with van der Waals surface area (Å²) in [6, 6.07) is 8.38. The van der Waals surface area contributed by atoms with Crippen molar-refractivity contribution < 1.29 is 41.8 Å². The molecule has 0 saturated carbocycles. The van der Waals surface area contributed by atoms with Gasteiger partial charge in [0, 0.05) is 24.2 Å². The monoisotopic (exact) mass is 832 g/mol. The summed E-state index contributed by atoms with van der Waals surface area (Å²) in [5.41, 5.74) is 0.490. The third-order valence-corrected chi connectivity index (χ3v) is 11.6. The number of amides is 4. The fraction of sp³-hybridized carbons (Fsp3) is 0.488. The lowest BCUT2D eigenvalue weighted by molar-refractivity contribution is -0.141. The summed E-state index contributed by atoms with van der Waals surface area (Å²) >= 11 is 0. The molecule has 0 bridgehead atoms. The van der Waals surface area contributed by atoms with Crippen LogP contribution in [0.1, 0.15) is 107 Å². The molecule has 4 aromatic rings. The van der Waals surface area contributed by atoms with Gasteiger partial charge in [-0.3, -0.25) is 9.59 Å². The average Bonchev–Trinajstić information content (AvgIpc) is 4.09. The predicted octanol–water partition coefficient (Wildman–Crippen LogP) is 7.24. The molecule has 6 rings (SSSR count). The number of rotatable bonds is 11. The van der Waals surface area contributed by atoms with E-state index in [0.29, 0.717) is 56.6 Å². The molecule has 4 heterocycles. The maximum absolute atomic E-state index is 14.3. The Hall–Kier alpha value is -6.05. The van der Waals surface area contributed by atoms with Gasteiger partial charge in [0.25, 0.3) is 0 Å². The normalized spacial score (nSPS) is 18.6. The van der Waals surface area contributed by atoms with Crippen LogP contribution in [-0.2, 0) is 25.2 Å². The number of methoxy groups -OCH3 is 2. The Kier molecular flexibility index (Phi) is 13.4. The highest BCUT2D eigenvalue weighted by atomic mass is 19.4. The second kappa shape index (κ2) is 18.5. The van der Waals surface area contributed by atoms with Crippen LogP contribution in [0.15, 0.2) is 42.6 Å². The van der Waals surface area contributed by atoms with Crippen molar-refractivity contribution >= 4 is 34.8 Å². The summed E-state index contributed by atoms with van der Waals surface area (Å²) in [5.74, 6) is 5.15. The Labute approximate surface area is 346 Å². The standard InChI is InChI=1S/C43H51F3N8O6/c1-7-24(3)34(50-41(57)59-5)39(55)53-19-9-11-32(53)37-47-23-31(49-37)29-17-16-27-21-26(13-15-28(27)22-29)14-18-30-36(43(44,45)46)52-38(48-30)33-12-10-20-54(33)40(56)35(25(4)8-2)51-42(58)60-6/h13,15-17,21-25,32-35H,7-12,19-20H2,1-6H3,(H,47,49)(H,48,52)(H,50,57)(H,51,58). The molecule has 2 fully saturated rings. The quantitative estimate of drug-likeness (QED) is 0.115. The van der Waals surface area contributed by atoms with Gasteiger partial charge in [-0.2, -0.15) is 13.2 Å². The van der Waals surface area contributed by atoms with E-state index in [0.717, 1.165) is 28.5 Å². The van der Waals surface area contributed by atoms with E-state index in [1.807, 2.05) is 52.0 Å². The van der Waals surface area contributed by atoms with Gasteiger partial charge in [-0.25, -0.2) is 19.6 Å². The van der Waals surface area contributed by atoms with Crippen LogP contribution in [-0.4, -0.2) is 93.1 Å². The zero-order valence-electron chi connectivity index (χ0n) is 34.5. The van der Waals surface area contributed by atoms with Gasteiger partial charge in [0.15, 0.2) is 5.69 Å². The number of carbonyl (C=O) groups is 4. The maximum atomic E-state index is 14.3. The highest BCUT2D eigenvalue weighted by Crippen LogP contribution is 2.37. The molecular weight excluding hydrogens is 782 g/mol. The summed E-state index contributed by atoms with van der Waals surface area (Å²) < 4.78 is 52.4. The highest BCUT2D eigenvalue weighted by molar-refractivity contribution is 5.89. The van der Waals surface area contributed by atoms with Gasteiger partial charge in [0.1, 0.15) is 29.4 Å². The molecule has 2 aliphatic rings. The topological polar surface area (TPSA) is 175 Å². The molecule has 0 spiro atoms. The van der Waals surface area contributed by atoms with E-state index in [2.05, 4.69) is 42.4 Å². The third-order valence-electron chi connectivity index (χ3n) is 11.6. The maximum Gasteiger partial charge on any atom is 0.436 e. The first-order valence-electron chi connectivity index (χ1n) is 20.2. The van der Waals surface area contributed by atoms with Crippen LogP contribution < -0.4 is 10.6 Å². The molecule has 2 aromatic carbocycles. The number of aromatic nitrogens is 4. The van der Waals surface area contributed by atoms with Gasteiger partial charge in [0.05, 0.1) is 38.2 Å². The van der Waals surface area contributed by atoms with E-state index >= 15 is 0 Å². The Morgan fingerprint density at radius 3 is 1.92 bits per heavy atom. The van der Waals surface area contributed by atoms with E-state index in [-0.39, 0.29) is 29.6 Å². The average molecular weight is 833 g/mol. The zero-order chi connectivity index (χ0) is 43.3. The van der Waals surface area contributed by atoms with Crippen LogP contribution in [0.25, 0.3) is 22.0 Å². The van der Waals surface area contributed by atoms with Crippen LogP contribution in [0.5, 0.6) is 0 Å². The van der Waals surface area contributed by atoms with Crippen LogP contribution in [0, 0.1) is 23.7 Å². The number of aromatic amines is 2. The minimum Gasteiger partial charge on any atom is -0.453 e. The van der Waals surface area contributed by atoms with Crippen LogP contribution in [0.3, 0.4) is 0 Å². The number of alkyl carbamates (subject to hydrolysis) is 2. The molecule has 0 radical (unpaired) electrons. The molecule has 17 heteroatoms. The number of H-pyrrole nitrogens is 2. The van der Waals surface area contributed by atoms with E-state index in [9.17, 15) is 32.3 Å². The van der Waals surface area contributed by atoms with E-state index in [1.54, 1.807) is 23.2 Å². The fourth-order valence-electron chi connectivity index (χ4n) is 7.85. The lowest BCUT2D eigenvalue weighted by Crippen LogP contribution is -2.51. The smallest absolute Gasteiger partial charge is 0.436 e. The lowest BCUT2D eigenvalue weighted by atomic mass is 9.97. The first kappa shape index (κ1) is 43.5. The molecule has 2 aromatic heterocycles. The molecule has 0 aliphatic carbocycles. The number of imidazole rings is 2. The zero-order valence-corrected chi connectivity index (χ0v) is 34.5. The van der Waals surface area contributed by atoms with Crippen molar-refractivity contribution in [1.29, 1.82) is 0 Å². The number of benzene rings is 2. The summed E-state index contributed by atoms with van der Waals surface area (Å²) in [7, 11) is 2.46. The largest absolute Gasteiger partial charge is 0.453 e. The second-order valence-corrected chi connectivity index (χ2v) is 15.4. The number of nitrogens with zero attached hydrogens (tertiary/aromatic N) is 4. The number of hydrogen-bond donors (Lipinski definition) is 4. The van der Waals surface area contributed by atoms with Crippen molar-refractivity contribution in [3.05, 3.63) is 71.2 Å². The van der Waals surface area contributed by atoms with Gasteiger partial charge in [-0.05, 0) is 72.4 Å². The lowest BCUT2D eigenvalue weighted by Gasteiger charge is -2.30. The molecule has 14 nitrogen and oxygen atoms in total. The van der Waals surface area contributed by atoms with Crippen LogP contribution in [0.2, 0.25) is 0 Å². The Morgan fingerprint density at radius 1 is 0.817 bits per heavy atom. The minimum atomic E-state index is -4.81. The van der Waals surface area contributed by atoms with Gasteiger partial charge in [0.2, 0.25) is 11.8 Å². The highest BCUT2D eigenvalue weighted by Gasteiger charge is 2.42. The van der Waals surface area contributed by atoms with E-state index in [1.165, 1.54) is 19.1 Å². The molecule has 320 valence electrons. The third kappa shape index (κ3) is 9.37. The minimum absolute atomic E-state index is 0.0236. The molecule has 6 unspecified atom stereocenters. The van der Waals surface area contributed by atoms with Gasteiger partial charge in [-0.15, -0.1) is 0 Å². The van der Waals surface area contributed by atoms with Crippen LogP contribution >= 0.6 is 0 Å². The van der Waals surface area contributed by atoms with Gasteiger partial charge in [-0.1, -0.05) is 64.7 Å². The van der Waals surface area contributed by atoms with Gasteiger partial charge >= 0.3 is 18.4 Å². The summed E-state index contributed by atoms with van der Waals surface area (Å²) in [5, 5.41) is 6.96. The van der Waals surface area contributed by atoms with Crippen molar-refractivity contribution in [2.45, 2.75) is 96.6 Å². The number of ether oxygens (including phenoxy) is 2. The molecule has 4 N–H and O–H groups in total. The molecule has 60 heavy (non-hydrogen) atoms. The Morgan fingerprint density at radius 2 is 1.37 bits per heavy atom. The Bertz CT molecular complexity index is 2280. The van der Waals surface area contributed by atoms with E-state index in [4.69, 9.17) is 9.47 Å². The number of carbonyl (C=O) groups excluding carboxylic acids is 4. The van der Waals surface area contributed by atoms with Crippen molar-refractivity contribution in [2.24, 2.45) is 11.8 Å². The summed E-state index contributed by atoms with van der Waals surface area (Å²) in [4.78, 5) is 69.5. The SMILES string of the molecule is CCC(C)C(NC(=O)OC)C(=O)N1CCCC1c1ncc(-c2ccc3cc(C#Cc4[nH]c(C5CCCN5C(=O)C(NC(=O)OC)C(C)CC)nc4C(F)(F)F)ccc3c2)[nH]1. The van der Waals surface area contributed by atoms with Crippen molar-refractivity contribution in [1.82, 2.24) is 40.4 Å². The van der Waals surface area contributed by atoms with E-state index < -0.39 is 53.8 Å². The predicted molar refractivity (Wildman–Crippen MR) is 216 cm³/mol. The fourth-order valence-corrected chi connectivity index (χ4v) is 7.85. The first-order valence-corrected chi connectivity index (χ1v) is 20.2.